The number of ether oxygens (including phenoxy) is 2. The van der Waals surface area contributed by atoms with Gasteiger partial charge in [-0.15, -0.1) is 0 Å². The largest absolute Gasteiger partial charge is 0.381 e. The molecule has 23 heavy (non-hydrogen) atoms. The van der Waals surface area contributed by atoms with Crippen LogP contribution in [-0.2, 0) is 9.47 Å². The third-order valence-electron chi connectivity index (χ3n) is 6.92. The number of nitrogens with zero attached hydrogens (tertiary/aromatic N) is 2. The zero-order chi connectivity index (χ0) is 16.0. The molecule has 0 aromatic rings. The van der Waals surface area contributed by atoms with E-state index in [0.717, 1.165) is 30.5 Å². The molecule has 2 aliphatic heterocycles. The number of likely N-dealkylation sites (tertiary alicyclic amines) is 2. The summed E-state index contributed by atoms with van der Waals surface area (Å²) < 4.78 is 11.8. The van der Waals surface area contributed by atoms with Crippen LogP contribution < -0.4 is 0 Å². The standard InChI is InChI=1S/C19H34N2O2/c1-13-9-20(10-13)16-7-18(8-16)23-12-19-14(2)11-21(19)15-4-5-17(6-15)22-3/h13-19H,4-12H2,1-3H3/t14-,15?,16?,17?,18?,19?/m1/s1. The highest BCUT2D eigenvalue weighted by molar-refractivity contribution is 4.98. The summed E-state index contributed by atoms with van der Waals surface area (Å²) in [6.45, 7) is 9.57. The predicted molar refractivity (Wildman–Crippen MR) is 91.6 cm³/mol. The first kappa shape index (κ1) is 16.3. The first-order valence-corrected chi connectivity index (χ1v) is 9.78. The molecule has 2 saturated heterocycles. The Morgan fingerprint density at radius 2 is 1.65 bits per heavy atom. The van der Waals surface area contributed by atoms with Gasteiger partial charge in [-0.05, 0) is 43.9 Å². The Morgan fingerprint density at radius 1 is 0.913 bits per heavy atom. The molecule has 2 saturated carbocycles. The fraction of sp³-hybridized carbons (Fsp3) is 1.00. The van der Waals surface area contributed by atoms with Crippen LogP contribution in [0.2, 0.25) is 0 Å². The predicted octanol–water partition coefficient (Wildman–Crippen LogP) is 2.37. The number of hydrogen-bond donors (Lipinski definition) is 0. The van der Waals surface area contributed by atoms with Gasteiger partial charge in [0.15, 0.2) is 0 Å². The molecule has 132 valence electrons. The quantitative estimate of drug-likeness (QED) is 0.749. The summed E-state index contributed by atoms with van der Waals surface area (Å²) in [6.07, 6.45) is 7.31. The molecule has 4 rings (SSSR count). The minimum atomic E-state index is 0.490. The van der Waals surface area contributed by atoms with E-state index in [4.69, 9.17) is 9.47 Å². The molecule has 0 radical (unpaired) electrons. The summed E-state index contributed by atoms with van der Waals surface area (Å²) in [5, 5.41) is 0. The van der Waals surface area contributed by atoms with E-state index in [1.807, 2.05) is 7.11 Å². The molecule has 2 aliphatic carbocycles. The van der Waals surface area contributed by atoms with Crippen molar-refractivity contribution in [2.24, 2.45) is 11.8 Å². The van der Waals surface area contributed by atoms with Crippen molar-refractivity contribution in [1.29, 1.82) is 0 Å². The van der Waals surface area contributed by atoms with Gasteiger partial charge in [0.05, 0.1) is 18.8 Å². The van der Waals surface area contributed by atoms with Crippen LogP contribution in [0.4, 0.5) is 0 Å². The average molecular weight is 322 g/mol. The highest BCUT2D eigenvalue weighted by Crippen LogP contribution is 2.37. The third-order valence-corrected chi connectivity index (χ3v) is 6.92. The number of methoxy groups -OCH3 is 1. The molecule has 0 amide bonds. The van der Waals surface area contributed by atoms with Gasteiger partial charge in [0.2, 0.25) is 0 Å². The van der Waals surface area contributed by atoms with Crippen LogP contribution in [0.15, 0.2) is 0 Å². The topological polar surface area (TPSA) is 24.9 Å². The lowest BCUT2D eigenvalue weighted by atomic mass is 9.83. The Hall–Kier alpha value is -0.160. The van der Waals surface area contributed by atoms with E-state index in [2.05, 4.69) is 23.6 Å². The minimum Gasteiger partial charge on any atom is -0.381 e. The smallest absolute Gasteiger partial charge is 0.0628 e. The van der Waals surface area contributed by atoms with Gasteiger partial charge >= 0.3 is 0 Å². The lowest BCUT2D eigenvalue weighted by Gasteiger charge is -2.52. The molecule has 4 aliphatic rings. The first-order valence-electron chi connectivity index (χ1n) is 9.78. The van der Waals surface area contributed by atoms with E-state index in [1.165, 1.54) is 51.7 Å². The van der Waals surface area contributed by atoms with Crippen LogP contribution >= 0.6 is 0 Å². The third kappa shape index (κ3) is 3.20. The molecule has 4 nitrogen and oxygen atoms in total. The fourth-order valence-corrected chi connectivity index (χ4v) is 5.14. The van der Waals surface area contributed by atoms with Crippen LogP contribution in [-0.4, -0.2) is 73.5 Å². The first-order chi connectivity index (χ1) is 11.1. The summed E-state index contributed by atoms with van der Waals surface area (Å²) >= 11 is 0. The Labute approximate surface area is 141 Å². The van der Waals surface area contributed by atoms with E-state index >= 15 is 0 Å². The Balaban J connectivity index is 1.17. The van der Waals surface area contributed by atoms with Crippen molar-refractivity contribution < 1.29 is 9.47 Å². The van der Waals surface area contributed by atoms with Crippen molar-refractivity contribution in [2.45, 2.75) is 76.3 Å². The zero-order valence-corrected chi connectivity index (χ0v) is 15.1. The maximum atomic E-state index is 6.27. The van der Waals surface area contributed by atoms with E-state index in [-0.39, 0.29) is 0 Å². The van der Waals surface area contributed by atoms with Crippen LogP contribution in [0, 0.1) is 11.8 Å². The monoisotopic (exact) mass is 322 g/mol. The van der Waals surface area contributed by atoms with Crippen LogP contribution in [0.5, 0.6) is 0 Å². The highest BCUT2D eigenvalue weighted by Gasteiger charge is 2.44. The molecule has 4 fully saturated rings. The second-order valence-corrected chi connectivity index (χ2v) is 8.71. The fourth-order valence-electron chi connectivity index (χ4n) is 5.14. The second-order valence-electron chi connectivity index (χ2n) is 8.71. The molecule has 2 heterocycles. The van der Waals surface area contributed by atoms with Gasteiger partial charge in [-0.3, -0.25) is 9.80 Å². The summed E-state index contributed by atoms with van der Waals surface area (Å²) in [5.74, 6) is 1.71. The SMILES string of the molecule is COC1CCC(N2C[C@@H](C)C2COC2CC(N3CC(C)C3)C2)C1. The molecule has 0 N–H and O–H groups in total. The van der Waals surface area contributed by atoms with Crippen molar-refractivity contribution in [3.05, 3.63) is 0 Å². The average Bonchev–Trinajstić information content (AvgIpc) is 2.92. The minimum absolute atomic E-state index is 0.490. The van der Waals surface area contributed by atoms with Crippen LogP contribution in [0.25, 0.3) is 0 Å². The van der Waals surface area contributed by atoms with Gasteiger partial charge in [0.1, 0.15) is 0 Å². The van der Waals surface area contributed by atoms with Gasteiger partial charge in [-0.2, -0.15) is 0 Å². The van der Waals surface area contributed by atoms with Crippen molar-refractivity contribution in [2.75, 3.05) is 33.4 Å². The van der Waals surface area contributed by atoms with Crippen LogP contribution in [0.1, 0.15) is 46.0 Å². The zero-order valence-electron chi connectivity index (χ0n) is 15.1. The highest BCUT2D eigenvalue weighted by atomic mass is 16.5. The molecule has 3 unspecified atom stereocenters. The molecule has 0 spiro atoms. The molecule has 4 atom stereocenters. The van der Waals surface area contributed by atoms with Crippen LogP contribution in [0.3, 0.4) is 0 Å². The summed E-state index contributed by atoms with van der Waals surface area (Å²) in [4.78, 5) is 5.35. The Kier molecular flexibility index (Phi) is 4.70. The Bertz CT molecular complexity index is 406. The summed E-state index contributed by atoms with van der Waals surface area (Å²) in [7, 11) is 1.86. The van der Waals surface area contributed by atoms with Gasteiger partial charge in [0.25, 0.3) is 0 Å². The van der Waals surface area contributed by atoms with E-state index in [9.17, 15) is 0 Å². The van der Waals surface area contributed by atoms with Crippen molar-refractivity contribution in [3.8, 4) is 0 Å². The second kappa shape index (κ2) is 6.62. The lowest BCUT2D eigenvalue weighted by Crippen LogP contribution is -2.62. The van der Waals surface area contributed by atoms with Crippen molar-refractivity contribution >= 4 is 0 Å². The molecular formula is C19H34N2O2. The van der Waals surface area contributed by atoms with Gasteiger partial charge in [-0.25, -0.2) is 0 Å². The maximum absolute atomic E-state index is 6.27. The number of rotatable bonds is 6. The summed E-state index contributed by atoms with van der Waals surface area (Å²) in [6, 6.07) is 2.21. The molecule has 4 heteroatoms. The maximum Gasteiger partial charge on any atom is 0.0628 e. The van der Waals surface area contributed by atoms with Gasteiger partial charge < -0.3 is 9.47 Å². The molecule has 0 bridgehead atoms. The van der Waals surface area contributed by atoms with E-state index in [0.29, 0.717) is 18.2 Å². The lowest BCUT2D eigenvalue weighted by molar-refractivity contribution is -0.121. The van der Waals surface area contributed by atoms with Crippen molar-refractivity contribution in [1.82, 2.24) is 9.80 Å². The molecular weight excluding hydrogens is 288 g/mol. The van der Waals surface area contributed by atoms with Crippen molar-refractivity contribution in [3.63, 3.8) is 0 Å². The normalized spacial score (nSPS) is 45.5. The summed E-state index contributed by atoms with van der Waals surface area (Å²) in [5.41, 5.74) is 0. The number of hydrogen-bond acceptors (Lipinski definition) is 4. The molecule has 0 aromatic carbocycles. The molecule has 0 aromatic heterocycles. The van der Waals surface area contributed by atoms with Gasteiger partial charge in [0, 0.05) is 44.9 Å². The van der Waals surface area contributed by atoms with Gasteiger partial charge in [-0.1, -0.05) is 13.8 Å². The Morgan fingerprint density at radius 3 is 2.26 bits per heavy atom. The van der Waals surface area contributed by atoms with E-state index in [1.54, 1.807) is 0 Å². The van der Waals surface area contributed by atoms with E-state index < -0.39 is 0 Å².